The highest BCUT2D eigenvalue weighted by Gasteiger charge is 2.18. The maximum Gasteiger partial charge on any atom is 0.189 e. The van der Waals surface area contributed by atoms with Crippen molar-refractivity contribution in [2.24, 2.45) is 0 Å². The summed E-state index contributed by atoms with van der Waals surface area (Å²) in [5.41, 5.74) is 1.80. The van der Waals surface area contributed by atoms with Crippen LogP contribution in [0.1, 0.15) is 44.6 Å². The highest BCUT2D eigenvalue weighted by atomic mass is 32.2. The monoisotopic (exact) mass is 428 g/mol. The number of nitrogens with one attached hydrogen (secondary N) is 1. The van der Waals surface area contributed by atoms with Gasteiger partial charge >= 0.3 is 0 Å². The molecular weight excluding hydrogens is 404 g/mol. The van der Waals surface area contributed by atoms with E-state index < -0.39 is 0 Å². The Labute approximate surface area is 177 Å². The van der Waals surface area contributed by atoms with Gasteiger partial charge in [0.15, 0.2) is 21.6 Å². The first-order chi connectivity index (χ1) is 14.3. The number of rotatable bonds is 3. The number of thioether (sulfide) groups is 2. The number of aromatic amines is 1. The SMILES string of the molecule is CSc1ncc2cn[nH]c2n1.CSc1ncc2cnn(C3CCCCCC3)c2n1. The topological polar surface area (TPSA) is 98.1 Å². The van der Waals surface area contributed by atoms with Gasteiger partial charge in [0, 0.05) is 12.4 Å². The van der Waals surface area contributed by atoms with E-state index >= 15 is 0 Å². The minimum absolute atomic E-state index is 0.523. The molecule has 0 aromatic carbocycles. The van der Waals surface area contributed by atoms with Crippen LogP contribution in [0.4, 0.5) is 0 Å². The fourth-order valence-electron chi connectivity index (χ4n) is 3.51. The summed E-state index contributed by atoms with van der Waals surface area (Å²) in [6.07, 6.45) is 19.0. The van der Waals surface area contributed by atoms with Crippen LogP contribution in [-0.4, -0.2) is 52.4 Å². The molecule has 8 nitrogen and oxygen atoms in total. The van der Waals surface area contributed by atoms with Crippen molar-refractivity contribution < 1.29 is 0 Å². The lowest BCUT2D eigenvalue weighted by molar-refractivity contribution is 0.414. The number of H-pyrrole nitrogens is 1. The third-order valence-corrected chi connectivity index (χ3v) is 6.14. The highest BCUT2D eigenvalue weighted by molar-refractivity contribution is 7.98. The van der Waals surface area contributed by atoms with E-state index in [0.717, 1.165) is 32.4 Å². The number of aromatic nitrogens is 8. The molecule has 4 aromatic rings. The fourth-order valence-corrected chi connectivity index (χ4v) is 4.18. The van der Waals surface area contributed by atoms with Crippen molar-refractivity contribution in [3.05, 3.63) is 24.8 Å². The maximum atomic E-state index is 4.61. The van der Waals surface area contributed by atoms with Crippen molar-refractivity contribution >= 4 is 45.6 Å². The second kappa shape index (κ2) is 9.53. The molecule has 0 spiro atoms. The zero-order valence-corrected chi connectivity index (χ0v) is 18.2. The molecular formula is C19H24N8S2. The van der Waals surface area contributed by atoms with Gasteiger partial charge in [-0.15, -0.1) is 0 Å². The molecule has 1 aliphatic rings. The summed E-state index contributed by atoms with van der Waals surface area (Å²) in [5, 5.41) is 14.8. The summed E-state index contributed by atoms with van der Waals surface area (Å²) in [4.78, 5) is 17.2. The van der Waals surface area contributed by atoms with Crippen LogP contribution in [0.25, 0.3) is 22.1 Å². The Hall–Kier alpha value is -2.20. The molecule has 29 heavy (non-hydrogen) atoms. The number of fused-ring (bicyclic) bond motifs is 2. The predicted octanol–water partition coefficient (Wildman–Crippen LogP) is 4.52. The molecule has 1 fully saturated rings. The number of nitrogens with zero attached hydrogens (tertiary/aromatic N) is 7. The first-order valence-electron chi connectivity index (χ1n) is 9.73. The van der Waals surface area contributed by atoms with Gasteiger partial charge in [0.05, 0.1) is 29.2 Å². The van der Waals surface area contributed by atoms with Crippen LogP contribution in [-0.2, 0) is 0 Å². The van der Waals surface area contributed by atoms with E-state index in [1.54, 1.807) is 24.2 Å². The first-order valence-corrected chi connectivity index (χ1v) is 12.2. The minimum atomic E-state index is 0.523. The van der Waals surface area contributed by atoms with Crippen molar-refractivity contribution in [3.8, 4) is 0 Å². The quantitative estimate of drug-likeness (QED) is 0.289. The van der Waals surface area contributed by atoms with E-state index in [9.17, 15) is 0 Å². The van der Waals surface area contributed by atoms with Crippen molar-refractivity contribution in [2.45, 2.75) is 54.9 Å². The molecule has 0 amide bonds. The molecule has 0 saturated heterocycles. The van der Waals surface area contributed by atoms with Crippen molar-refractivity contribution in [2.75, 3.05) is 12.5 Å². The average molecular weight is 429 g/mol. The lowest BCUT2D eigenvalue weighted by atomic mass is 10.1. The fraction of sp³-hybridized carbons (Fsp3) is 0.474. The van der Waals surface area contributed by atoms with Crippen LogP contribution in [0.15, 0.2) is 35.1 Å². The van der Waals surface area contributed by atoms with Gasteiger partial charge in [-0.05, 0) is 25.4 Å². The van der Waals surface area contributed by atoms with Crippen LogP contribution in [0, 0.1) is 0 Å². The summed E-state index contributed by atoms with van der Waals surface area (Å²) < 4.78 is 2.13. The Morgan fingerprint density at radius 2 is 1.55 bits per heavy atom. The van der Waals surface area contributed by atoms with E-state index in [1.807, 2.05) is 24.9 Å². The van der Waals surface area contributed by atoms with E-state index in [4.69, 9.17) is 0 Å². The molecule has 5 rings (SSSR count). The standard InChI is InChI=1S/C13H18N4S.C6H6N4S/c1-18-13-14-8-10-9-15-17(12(10)16-13)11-6-4-2-3-5-7-11;1-11-6-7-2-4-3-8-10-5(4)9-6/h8-9,11H,2-7H2,1H3;2-3H,1H3,(H,7,8,9,10). The largest absolute Gasteiger partial charge is 0.261 e. The summed E-state index contributed by atoms with van der Waals surface area (Å²) in [5.74, 6) is 0. The van der Waals surface area contributed by atoms with Crippen molar-refractivity contribution in [1.82, 2.24) is 39.9 Å². The molecule has 0 bridgehead atoms. The number of hydrogen-bond acceptors (Lipinski definition) is 8. The summed E-state index contributed by atoms with van der Waals surface area (Å²) in [7, 11) is 0. The summed E-state index contributed by atoms with van der Waals surface area (Å²) >= 11 is 3.10. The van der Waals surface area contributed by atoms with Crippen LogP contribution in [0.5, 0.6) is 0 Å². The average Bonchev–Trinajstić information content (AvgIpc) is 3.32. The molecule has 0 atom stereocenters. The molecule has 4 heterocycles. The Bertz CT molecular complexity index is 1070. The van der Waals surface area contributed by atoms with Gasteiger partial charge in [-0.1, -0.05) is 49.2 Å². The van der Waals surface area contributed by atoms with Crippen molar-refractivity contribution in [3.63, 3.8) is 0 Å². The first kappa shape index (κ1) is 20.1. The molecule has 1 N–H and O–H groups in total. The Kier molecular flexibility index (Phi) is 6.60. The Morgan fingerprint density at radius 3 is 2.28 bits per heavy atom. The molecule has 1 aliphatic carbocycles. The van der Waals surface area contributed by atoms with Crippen LogP contribution in [0.2, 0.25) is 0 Å². The van der Waals surface area contributed by atoms with Crippen LogP contribution < -0.4 is 0 Å². The number of hydrogen-bond donors (Lipinski definition) is 1. The molecule has 152 valence electrons. The second-order valence-corrected chi connectivity index (χ2v) is 8.45. The molecule has 1 saturated carbocycles. The van der Waals surface area contributed by atoms with Gasteiger partial charge in [0.2, 0.25) is 0 Å². The zero-order valence-electron chi connectivity index (χ0n) is 16.6. The van der Waals surface area contributed by atoms with Crippen LogP contribution in [0.3, 0.4) is 0 Å². The lowest BCUT2D eigenvalue weighted by Crippen LogP contribution is -2.10. The van der Waals surface area contributed by atoms with Gasteiger partial charge in [-0.3, -0.25) is 5.10 Å². The predicted molar refractivity (Wildman–Crippen MR) is 117 cm³/mol. The Balaban J connectivity index is 0.000000159. The van der Waals surface area contributed by atoms with Gasteiger partial charge in [0.25, 0.3) is 0 Å². The van der Waals surface area contributed by atoms with Crippen molar-refractivity contribution in [1.29, 1.82) is 0 Å². The normalized spacial score (nSPS) is 15.2. The second-order valence-electron chi connectivity index (χ2n) is 6.90. The molecule has 4 aromatic heterocycles. The highest BCUT2D eigenvalue weighted by Crippen LogP contribution is 2.29. The van der Waals surface area contributed by atoms with Gasteiger partial charge in [0.1, 0.15) is 0 Å². The Morgan fingerprint density at radius 1 is 0.862 bits per heavy atom. The van der Waals surface area contributed by atoms with E-state index in [2.05, 4.69) is 39.9 Å². The zero-order chi connectivity index (χ0) is 20.1. The van der Waals surface area contributed by atoms with E-state index in [0.29, 0.717) is 6.04 Å². The third-order valence-electron chi connectivity index (χ3n) is 5.02. The molecule has 0 aliphatic heterocycles. The summed E-state index contributed by atoms with van der Waals surface area (Å²) in [6, 6.07) is 0.523. The van der Waals surface area contributed by atoms with Crippen LogP contribution >= 0.6 is 23.5 Å². The molecule has 0 unspecified atom stereocenters. The smallest absolute Gasteiger partial charge is 0.189 e. The molecule has 10 heteroatoms. The summed E-state index contributed by atoms with van der Waals surface area (Å²) in [6.45, 7) is 0. The minimum Gasteiger partial charge on any atom is -0.261 e. The lowest BCUT2D eigenvalue weighted by Gasteiger charge is -2.15. The van der Waals surface area contributed by atoms with E-state index in [-0.39, 0.29) is 0 Å². The van der Waals surface area contributed by atoms with Gasteiger partial charge < -0.3 is 0 Å². The molecule has 0 radical (unpaired) electrons. The van der Waals surface area contributed by atoms with Gasteiger partial charge in [-0.25, -0.2) is 24.6 Å². The van der Waals surface area contributed by atoms with E-state index in [1.165, 1.54) is 50.3 Å². The maximum absolute atomic E-state index is 4.61. The van der Waals surface area contributed by atoms with Gasteiger partial charge in [-0.2, -0.15) is 10.2 Å². The third kappa shape index (κ3) is 4.69.